The SMILES string of the molecule is O=C(Nc1cccc(-c2nnc3n2CCCC3)n1)c1cc2c(cc1F)CCN(CC(=O)N1CCCC1)C2. The number of pyridine rings is 1. The Morgan fingerprint density at radius 1 is 0.946 bits per heavy atom. The van der Waals surface area contributed by atoms with Crippen molar-refractivity contribution >= 4 is 17.6 Å². The molecule has 1 fully saturated rings. The maximum Gasteiger partial charge on any atom is 0.259 e. The first kappa shape index (κ1) is 23.7. The van der Waals surface area contributed by atoms with Crippen LogP contribution in [0.1, 0.15) is 53.0 Å². The van der Waals surface area contributed by atoms with E-state index in [0.29, 0.717) is 43.4 Å². The minimum absolute atomic E-state index is 0.0291. The van der Waals surface area contributed by atoms with Crippen molar-refractivity contribution in [1.82, 2.24) is 29.5 Å². The van der Waals surface area contributed by atoms with E-state index in [4.69, 9.17) is 0 Å². The van der Waals surface area contributed by atoms with Gasteiger partial charge in [-0.15, -0.1) is 10.2 Å². The molecular weight excluding hydrogens is 473 g/mol. The first-order valence-electron chi connectivity index (χ1n) is 13.1. The fraction of sp³-hybridized carbons (Fsp3) is 0.444. The summed E-state index contributed by atoms with van der Waals surface area (Å²) in [6.07, 6.45) is 5.82. The average molecular weight is 504 g/mol. The highest BCUT2D eigenvalue weighted by molar-refractivity contribution is 6.04. The van der Waals surface area contributed by atoms with Gasteiger partial charge in [0, 0.05) is 39.1 Å². The highest BCUT2D eigenvalue weighted by Gasteiger charge is 2.25. The average Bonchev–Trinajstić information content (AvgIpc) is 3.59. The number of benzene rings is 1. The predicted octanol–water partition coefficient (Wildman–Crippen LogP) is 3.05. The first-order chi connectivity index (χ1) is 18.0. The molecule has 2 aromatic heterocycles. The molecule has 3 aliphatic rings. The standard InChI is InChI=1S/C27H30FN7O2/c28-21-15-18-9-13-33(17-25(36)34-10-3-4-11-34)16-19(18)14-20(21)27(37)30-23-7-5-6-22(29-23)26-32-31-24-8-1-2-12-35(24)26/h5-7,14-15H,1-4,8-13,16-17H2,(H,29,30,37). The largest absolute Gasteiger partial charge is 0.342 e. The Hall–Kier alpha value is -3.66. The summed E-state index contributed by atoms with van der Waals surface area (Å²) in [5.41, 5.74) is 2.35. The first-order valence-corrected chi connectivity index (χ1v) is 13.1. The second kappa shape index (κ2) is 10.0. The molecule has 6 rings (SSSR count). The lowest BCUT2D eigenvalue weighted by molar-refractivity contribution is -0.131. The smallest absolute Gasteiger partial charge is 0.259 e. The molecule has 0 spiro atoms. The summed E-state index contributed by atoms with van der Waals surface area (Å²) in [6.45, 7) is 4.06. The predicted molar refractivity (Wildman–Crippen MR) is 135 cm³/mol. The Bertz CT molecular complexity index is 1350. The molecule has 10 heteroatoms. The quantitative estimate of drug-likeness (QED) is 0.575. The van der Waals surface area contributed by atoms with Gasteiger partial charge in [-0.2, -0.15) is 0 Å². The zero-order valence-electron chi connectivity index (χ0n) is 20.7. The van der Waals surface area contributed by atoms with Crippen LogP contribution in [0, 0.1) is 5.82 Å². The summed E-state index contributed by atoms with van der Waals surface area (Å²) in [5.74, 6) is 0.977. The summed E-state index contributed by atoms with van der Waals surface area (Å²) >= 11 is 0. The molecule has 2 amide bonds. The molecule has 192 valence electrons. The third-order valence-electron chi connectivity index (χ3n) is 7.52. The van der Waals surface area contributed by atoms with E-state index in [-0.39, 0.29) is 11.5 Å². The molecule has 0 atom stereocenters. The number of aromatic nitrogens is 4. The number of likely N-dealkylation sites (tertiary alicyclic amines) is 1. The van der Waals surface area contributed by atoms with Crippen LogP contribution in [0.5, 0.6) is 0 Å². The summed E-state index contributed by atoms with van der Waals surface area (Å²) in [6, 6.07) is 8.37. The van der Waals surface area contributed by atoms with Gasteiger partial charge in [-0.3, -0.25) is 14.5 Å². The third-order valence-corrected chi connectivity index (χ3v) is 7.52. The lowest BCUT2D eigenvalue weighted by Crippen LogP contribution is -2.41. The van der Waals surface area contributed by atoms with Gasteiger partial charge in [0.1, 0.15) is 23.2 Å². The van der Waals surface area contributed by atoms with Gasteiger partial charge in [-0.25, -0.2) is 9.37 Å². The van der Waals surface area contributed by atoms with Gasteiger partial charge in [0.25, 0.3) is 5.91 Å². The van der Waals surface area contributed by atoms with Gasteiger partial charge in [-0.1, -0.05) is 6.07 Å². The molecule has 0 radical (unpaired) electrons. The molecule has 1 N–H and O–H groups in total. The number of nitrogens with one attached hydrogen (secondary N) is 1. The van der Waals surface area contributed by atoms with E-state index < -0.39 is 11.7 Å². The molecule has 3 aromatic rings. The van der Waals surface area contributed by atoms with Crippen molar-refractivity contribution in [3.05, 3.63) is 58.7 Å². The Balaban J connectivity index is 1.17. The summed E-state index contributed by atoms with van der Waals surface area (Å²) in [7, 11) is 0. The summed E-state index contributed by atoms with van der Waals surface area (Å²) < 4.78 is 17.0. The third kappa shape index (κ3) is 4.85. The van der Waals surface area contributed by atoms with Crippen LogP contribution < -0.4 is 5.32 Å². The molecule has 1 aromatic carbocycles. The molecule has 37 heavy (non-hydrogen) atoms. The van der Waals surface area contributed by atoms with Gasteiger partial charge in [0.15, 0.2) is 5.82 Å². The second-order valence-corrected chi connectivity index (χ2v) is 10.1. The van der Waals surface area contributed by atoms with Crippen LogP contribution in [-0.2, 0) is 30.7 Å². The van der Waals surface area contributed by atoms with E-state index in [2.05, 4.69) is 30.0 Å². The Kier molecular flexibility index (Phi) is 6.42. The summed E-state index contributed by atoms with van der Waals surface area (Å²) in [5, 5.41) is 11.3. The van der Waals surface area contributed by atoms with Crippen molar-refractivity contribution in [1.29, 1.82) is 0 Å². The number of hydrogen-bond acceptors (Lipinski definition) is 6. The molecule has 1 saturated heterocycles. The number of halogens is 1. The Labute approximate surface area is 214 Å². The zero-order valence-corrected chi connectivity index (χ0v) is 20.7. The maximum atomic E-state index is 15.0. The number of amides is 2. The normalized spacial score (nSPS) is 17.4. The van der Waals surface area contributed by atoms with Crippen molar-refractivity contribution in [3.63, 3.8) is 0 Å². The van der Waals surface area contributed by atoms with Crippen LogP contribution in [-0.4, -0.2) is 67.5 Å². The van der Waals surface area contributed by atoms with Gasteiger partial charge < -0.3 is 14.8 Å². The van der Waals surface area contributed by atoms with Crippen molar-refractivity contribution in [3.8, 4) is 11.5 Å². The fourth-order valence-corrected chi connectivity index (χ4v) is 5.51. The highest BCUT2D eigenvalue weighted by Crippen LogP contribution is 2.25. The van der Waals surface area contributed by atoms with Crippen LogP contribution in [0.3, 0.4) is 0 Å². The summed E-state index contributed by atoms with van der Waals surface area (Å²) in [4.78, 5) is 34.2. The van der Waals surface area contributed by atoms with Crippen LogP contribution in [0.25, 0.3) is 11.5 Å². The van der Waals surface area contributed by atoms with Crippen LogP contribution >= 0.6 is 0 Å². The molecular formula is C27H30FN7O2. The Morgan fingerprint density at radius 2 is 1.78 bits per heavy atom. The van der Waals surface area contributed by atoms with Crippen molar-refractivity contribution < 1.29 is 14.0 Å². The maximum absolute atomic E-state index is 15.0. The van der Waals surface area contributed by atoms with E-state index >= 15 is 0 Å². The number of carbonyl (C=O) groups is 2. The molecule has 9 nitrogen and oxygen atoms in total. The van der Waals surface area contributed by atoms with E-state index in [1.165, 1.54) is 6.07 Å². The number of nitrogens with zero attached hydrogens (tertiary/aromatic N) is 6. The highest BCUT2D eigenvalue weighted by atomic mass is 19.1. The number of carbonyl (C=O) groups excluding carboxylic acids is 2. The molecule has 0 unspecified atom stereocenters. The monoisotopic (exact) mass is 503 g/mol. The lowest BCUT2D eigenvalue weighted by Gasteiger charge is -2.30. The number of hydrogen-bond donors (Lipinski definition) is 1. The van der Waals surface area contributed by atoms with E-state index in [0.717, 1.165) is 68.7 Å². The van der Waals surface area contributed by atoms with Gasteiger partial charge in [-0.05, 0) is 67.5 Å². The van der Waals surface area contributed by atoms with Crippen molar-refractivity contribution in [2.24, 2.45) is 0 Å². The molecule has 0 aliphatic carbocycles. The van der Waals surface area contributed by atoms with Gasteiger partial charge in [0.05, 0.1) is 12.1 Å². The Morgan fingerprint density at radius 3 is 2.65 bits per heavy atom. The zero-order chi connectivity index (χ0) is 25.4. The van der Waals surface area contributed by atoms with Crippen LogP contribution in [0.2, 0.25) is 0 Å². The van der Waals surface area contributed by atoms with Crippen LogP contribution in [0.15, 0.2) is 30.3 Å². The lowest BCUT2D eigenvalue weighted by atomic mass is 9.96. The van der Waals surface area contributed by atoms with E-state index in [1.807, 2.05) is 11.0 Å². The minimum atomic E-state index is -0.557. The van der Waals surface area contributed by atoms with Crippen molar-refractivity contribution in [2.45, 2.75) is 51.6 Å². The molecule has 0 bridgehead atoms. The minimum Gasteiger partial charge on any atom is -0.342 e. The molecule has 3 aliphatic heterocycles. The van der Waals surface area contributed by atoms with E-state index in [1.54, 1.807) is 18.2 Å². The van der Waals surface area contributed by atoms with E-state index in [9.17, 15) is 14.0 Å². The molecule has 5 heterocycles. The van der Waals surface area contributed by atoms with Gasteiger partial charge >= 0.3 is 0 Å². The molecule has 0 saturated carbocycles. The van der Waals surface area contributed by atoms with Crippen LogP contribution in [0.4, 0.5) is 10.2 Å². The topological polar surface area (TPSA) is 96.2 Å². The van der Waals surface area contributed by atoms with Crippen molar-refractivity contribution in [2.75, 3.05) is 31.5 Å². The second-order valence-electron chi connectivity index (χ2n) is 10.1. The van der Waals surface area contributed by atoms with Gasteiger partial charge in [0.2, 0.25) is 5.91 Å². The number of aryl methyl sites for hydroxylation is 1. The number of fused-ring (bicyclic) bond motifs is 2. The number of anilines is 1. The fourth-order valence-electron chi connectivity index (χ4n) is 5.51. The number of rotatable bonds is 5.